The summed E-state index contributed by atoms with van der Waals surface area (Å²) in [4.78, 5) is 52.0. The number of hydrogen-bond donors (Lipinski definition) is 1. The fourth-order valence-corrected chi connectivity index (χ4v) is 5.34. The predicted octanol–water partition coefficient (Wildman–Crippen LogP) is 3.51. The van der Waals surface area contributed by atoms with E-state index in [2.05, 4.69) is 5.43 Å². The summed E-state index contributed by atoms with van der Waals surface area (Å²) in [6.07, 6.45) is -2.31. The highest BCUT2D eigenvalue weighted by Crippen LogP contribution is 2.55. The number of rotatable bonds is 2. The number of hydrazine groups is 2. The molecule has 37 heavy (non-hydrogen) atoms. The molecule has 1 heterocycles. The molecule has 0 saturated heterocycles. The van der Waals surface area contributed by atoms with Crippen LogP contribution >= 0.6 is 0 Å². The van der Waals surface area contributed by atoms with Gasteiger partial charge in [-0.3, -0.25) is 0 Å². The van der Waals surface area contributed by atoms with Crippen molar-refractivity contribution in [3.05, 3.63) is 35.9 Å². The molecule has 13 nitrogen and oxygen atoms in total. The van der Waals surface area contributed by atoms with Crippen LogP contribution in [0.4, 0.5) is 24.9 Å². The Balaban J connectivity index is 2.12. The quantitative estimate of drug-likeness (QED) is 0.470. The number of nitrogens with zero attached hydrogens (tertiary/aromatic N) is 3. The lowest BCUT2D eigenvalue weighted by atomic mass is 9.79. The maximum atomic E-state index is 13.3. The van der Waals surface area contributed by atoms with Gasteiger partial charge >= 0.3 is 24.4 Å². The summed E-state index contributed by atoms with van der Waals surface area (Å²) in [6.45, 7) is 0. The molecule has 2 aromatic carbocycles. The molecule has 0 bridgehead atoms. The van der Waals surface area contributed by atoms with Crippen molar-refractivity contribution in [1.29, 1.82) is 0 Å². The largest absolute Gasteiger partial charge is 0.497 e. The van der Waals surface area contributed by atoms with E-state index in [0.29, 0.717) is 41.3 Å². The molecule has 1 fully saturated rings. The number of benzene rings is 2. The zero-order valence-corrected chi connectivity index (χ0v) is 21.1. The number of methoxy groups -OCH3 is 5. The monoisotopic (exact) mass is 516 g/mol. The van der Waals surface area contributed by atoms with Gasteiger partial charge < -0.3 is 23.7 Å². The molecule has 1 aliphatic heterocycles. The molecule has 4 amide bonds. The fourth-order valence-electron chi connectivity index (χ4n) is 5.34. The lowest BCUT2D eigenvalue weighted by Crippen LogP contribution is -2.71. The summed E-state index contributed by atoms with van der Waals surface area (Å²) < 4.78 is 25.3. The number of carbonyl (C=O) groups is 4. The Morgan fingerprint density at radius 2 is 1.68 bits per heavy atom. The number of ether oxygens (including phenoxy) is 5. The third-order valence-corrected chi connectivity index (χ3v) is 6.83. The van der Waals surface area contributed by atoms with E-state index < -0.39 is 36.0 Å². The van der Waals surface area contributed by atoms with Crippen LogP contribution in [-0.4, -0.2) is 76.0 Å². The number of carbonyl (C=O) groups excluding carboxylic acids is 4. The van der Waals surface area contributed by atoms with Gasteiger partial charge in [-0.1, -0.05) is 12.1 Å². The Kier molecular flexibility index (Phi) is 6.88. The van der Waals surface area contributed by atoms with Gasteiger partial charge in [-0.25, -0.2) is 34.6 Å². The minimum absolute atomic E-state index is 0.274. The minimum Gasteiger partial charge on any atom is -0.497 e. The molecule has 0 unspecified atom stereocenters. The SMILES string of the molecule is COC(=O)NN(C(=O)OC)[C@@]12CCC[C@H]1N(C(=O)OC)N(C(=O)OC)c1c2ccc2cc(OC)ccc12. The van der Waals surface area contributed by atoms with E-state index in [0.717, 1.165) is 22.1 Å². The van der Waals surface area contributed by atoms with Crippen LogP contribution in [0.2, 0.25) is 0 Å². The van der Waals surface area contributed by atoms with Gasteiger partial charge in [0, 0.05) is 10.9 Å². The molecule has 13 heteroatoms. The van der Waals surface area contributed by atoms with E-state index in [9.17, 15) is 19.2 Å². The summed E-state index contributed by atoms with van der Waals surface area (Å²) in [5.74, 6) is 0.578. The summed E-state index contributed by atoms with van der Waals surface area (Å²) in [6, 6.07) is 7.92. The van der Waals surface area contributed by atoms with Gasteiger partial charge in [0.05, 0.1) is 47.3 Å². The average molecular weight is 517 g/mol. The van der Waals surface area contributed by atoms with Crippen LogP contribution in [0.15, 0.2) is 30.3 Å². The van der Waals surface area contributed by atoms with Gasteiger partial charge in [0.1, 0.15) is 11.3 Å². The molecule has 0 radical (unpaired) electrons. The zero-order chi connectivity index (χ0) is 26.9. The first-order valence-electron chi connectivity index (χ1n) is 11.4. The van der Waals surface area contributed by atoms with Crippen LogP contribution in [0.5, 0.6) is 5.75 Å². The van der Waals surface area contributed by atoms with Crippen molar-refractivity contribution < 1.29 is 42.9 Å². The van der Waals surface area contributed by atoms with Gasteiger partial charge in [-0.2, -0.15) is 5.01 Å². The molecule has 1 N–H and O–H groups in total. The van der Waals surface area contributed by atoms with Crippen molar-refractivity contribution in [2.75, 3.05) is 40.6 Å². The van der Waals surface area contributed by atoms with E-state index in [-0.39, 0.29) is 5.69 Å². The number of amides is 4. The first-order valence-corrected chi connectivity index (χ1v) is 11.4. The van der Waals surface area contributed by atoms with E-state index in [1.807, 2.05) is 6.07 Å². The third kappa shape index (κ3) is 3.86. The molecule has 198 valence electrons. The highest BCUT2D eigenvalue weighted by Gasteiger charge is 2.62. The van der Waals surface area contributed by atoms with Gasteiger partial charge in [0.25, 0.3) is 0 Å². The van der Waals surface area contributed by atoms with Gasteiger partial charge in [0.2, 0.25) is 0 Å². The fraction of sp³-hybridized carbons (Fsp3) is 0.417. The second-order valence-corrected chi connectivity index (χ2v) is 8.39. The molecule has 0 aromatic heterocycles. The van der Waals surface area contributed by atoms with Crippen molar-refractivity contribution >= 4 is 40.8 Å². The highest BCUT2D eigenvalue weighted by atomic mass is 16.6. The van der Waals surface area contributed by atoms with Crippen LogP contribution in [-0.2, 0) is 24.5 Å². The molecule has 2 aromatic rings. The van der Waals surface area contributed by atoms with Crippen LogP contribution < -0.4 is 15.2 Å². The van der Waals surface area contributed by atoms with Crippen LogP contribution in [0.25, 0.3) is 10.8 Å². The maximum Gasteiger partial charge on any atom is 0.433 e. The molecular weight excluding hydrogens is 488 g/mol. The highest BCUT2D eigenvalue weighted by molar-refractivity contribution is 6.05. The van der Waals surface area contributed by atoms with Crippen molar-refractivity contribution in [3.63, 3.8) is 0 Å². The summed E-state index contributed by atoms with van der Waals surface area (Å²) in [5, 5.41) is 4.51. The second-order valence-electron chi connectivity index (χ2n) is 8.39. The average Bonchev–Trinajstić information content (AvgIpc) is 3.38. The first kappa shape index (κ1) is 25.7. The Labute approximate surface area is 212 Å². The first-order chi connectivity index (χ1) is 17.8. The topological polar surface area (TPSA) is 136 Å². The normalized spacial score (nSPS) is 19.9. The standard InChI is InChI=1S/C24H28N4O9/c1-33-15-9-10-16-14(13-15)8-11-17-19(16)27(22(31)36-4)26(21(30)35-3)18-7-6-12-24(17,18)28(23(32)37-5)25-20(29)34-2/h8-11,13,18H,6-7,12H2,1-5H3,(H,25,29)/t18-,24-/m1/s1. The van der Waals surface area contributed by atoms with Gasteiger partial charge in [-0.05, 0) is 42.8 Å². The van der Waals surface area contributed by atoms with Gasteiger partial charge in [-0.15, -0.1) is 0 Å². The Hall–Kier alpha value is -4.42. The molecular formula is C24H28N4O9. The number of nitrogens with one attached hydrogen (secondary N) is 1. The molecule has 1 saturated carbocycles. The van der Waals surface area contributed by atoms with Crippen molar-refractivity contribution in [2.45, 2.75) is 30.8 Å². The Morgan fingerprint density at radius 3 is 2.30 bits per heavy atom. The lowest BCUT2D eigenvalue weighted by molar-refractivity contribution is -0.0244. The lowest BCUT2D eigenvalue weighted by Gasteiger charge is -2.53. The van der Waals surface area contributed by atoms with Crippen LogP contribution in [0.1, 0.15) is 24.8 Å². The van der Waals surface area contributed by atoms with Crippen LogP contribution in [0.3, 0.4) is 0 Å². The van der Waals surface area contributed by atoms with Crippen molar-refractivity contribution in [1.82, 2.24) is 15.4 Å². The zero-order valence-electron chi connectivity index (χ0n) is 21.1. The summed E-state index contributed by atoms with van der Waals surface area (Å²) in [5.41, 5.74) is 1.86. The maximum absolute atomic E-state index is 13.3. The van der Waals surface area contributed by atoms with E-state index in [1.165, 1.54) is 28.4 Å². The molecule has 4 rings (SSSR count). The summed E-state index contributed by atoms with van der Waals surface area (Å²) >= 11 is 0. The molecule has 0 spiro atoms. The van der Waals surface area contributed by atoms with E-state index in [4.69, 9.17) is 23.7 Å². The molecule has 2 aliphatic rings. The number of fused-ring (bicyclic) bond motifs is 5. The summed E-state index contributed by atoms with van der Waals surface area (Å²) in [7, 11) is 6.24. The number of hydrogen-bond acceptors (Lipinski definition) is 9. The molecule has 2 atom stereocenters. The third-order valence-electron chi connectivity index (χ3n) is 6.83. The predicted molar refractivity (Wildman–Crippen MR) is 129 cm³/mol. The van der Waals surface area contributed by atoms with Crippen molar-refractivity contribution in [3.8, 4) is 5.75 Å². The van der Waals surface area contributed by atoms with E-state index >= 15 is 0 Å². The minimum atomic E-state index is -1.36. The Morgan fingerprint density at radius 1 is 0.946 bits per heavy atom. The van der Waals surface area contributed by atoms with Crippen LogP contribution in [0, 0.1) is 0 Å². The van der Waals surface area contributed by atoms with E-state index in [1.54, 1.807) is 24.3 Å². The second kappa shape index (κ2) is 9.91. The Bertz CT molecular complexity index is 1250. The molecule has 1 aliphatic carbocycles. The smallest absolute Gasteiger partial charge is 0.433 e. The van der Waals surface area contributed by atoms with Crippen molar-refractivity contribution in [2.24, 2.45) is 0 Å². The number of anilines is 1. The van der Waals surface area contributed by atoms with Gasteiger partial charge in [0.15, 0.2) is 0 Å².